The lowest BCUT2D eigenvalue weighted by molar-refractivity contribution is 0.199. The van der Waals surface area contributed by atoms with Gasteiger partial charge in [0.15, 0.2) is 0 Å². The first kappa shape index (κ1) is 12.4. The fraction of sp³-hybridized carbons (Fsp3) is 0.571. The molecule has 1 N–H and O–H groups in total. The Morgan fingerprint density at radius 2 is 2.12 bits per heavy atom. The van der Waals surface area contributed by atoms with E-state index in [4.69, 9.17) is 0 Å². The quantitative estimate of drug-likeness (QED) is 0.853. The second-order valence-corrected chi connectivity index (χ2v) is 5.45. The van der Waals surface area contributed by atoms with E-state index in [1.54, 1.807) is 13.0 Å². The topological polar surface area (TPSA) is 23.5 Å². The molecule has 1 aliphatic heterocycles. The Labute approximate surface area is 102 Å². The van der Waals surface area contributed by atoms with Crippen LogP contribution in [0.15, 0.2) is 18.2 Å². The van der Waals surface area contributed by atoms with E-state index in [0.29, 0.717) is 5.56 Å². The van der Waals surface area contributed by atoms with Crippen molar-refractivity contribution in [1.82, 2.24) is 0 Å². The van der Waals surface area contributed by atoms with E-state index in [9.17, 15) is 9.50 Å². The number of aliphatic hydroxyl groups excluding tert-OH is 1. The van der Waals surface area contributed by atoms with Gasteiger partial charge in [0.1, 0.15) is 5.82 Å². The minimum Gasteiger partial charge on any atom is -0.389 e. The van der Waals surface area contributed by atoms with Gasteiger partial charge in [0, 0.05) is 23.3 Å². The van der Waals surface area contributed by atoms with Gasteiger partial charge < -0.3 is 10.0 Å². The van der Waals surface area contributed by atoms with Gasteiger partial charge in [-0.15, -0.1) is 0 Å². The van der Waals surface area contributed by atoms with Crippen molar-refractivity contribution >= 4 is 5.69 Å². The van der Waals surface area contributed by atoms with E-state index in [1.807, 2.05) is 0 Å². The Kier molecular flexibility index (Phi) is 3.13. The van der Waals surface area contributed by atoms with Crippen molar-refractivity contribution < 1.29 is 9.50 Å². The van der Waals surface area contributed by atoms with Crippen molar-refractivity contribution in [2.24, 2.45) is 0 Å². The monoisotopic (exact) mass is 237 g/mol. The number of benzene rings is 1. The molecule has 2 rings (SSSR count). The first-order valence-electron chi connectivity index (χ1n) is 6.17. The normalized spacial score (nSPS) is 20.6. The lowest BCUT2D eigenvalue weighted by atomic mass is 9.99. The zero-order valence-corrected chi connectivity index (χ0v) is 10.7. The van der Waals surface area contributed by atoms with Gasteiger partial charge in [0.05, 0.1) is 6.10 Å². The molecule has 1 fully saturated rings. The number of hydrogen-bond donors (Lipinski definition) is 1. The van der Waals surface area contributed by atoms with Gasteiger partial charge in [-0.1, -0.05) is 0 Å². The Balaban J connectivity index is 2.44. The van der Waals surface area contributed by atoms with Crippen LogP contribution in [0, 0.1) is 5.82 Å². The standard InChI is InChI=1S/C14H20FNO/c1-10(17)12-9-11(15)5-6-13(12)16-8-4-7-14(16,2)3/h5-6,9-10,17H,4,7-8H2,1-3H3/t10-/m1/s1. The van der Waals surface area contributed by atoms with Crippen molar-refractivity contribution in [3.63, 3.8) is 0 Å². The molecule has 1 heterocycles. The number of anilines is 1. The third-order valence-corrected chi connectivity index (χ3v) is 3.63. The van der Waals surface area contributed by atoms with Gasteiger partial charge in [-0.25, -0.2) is 4.39 Å². The Hall–Kier alpha value is -1.09. The number of halogens is 1. The highest BCUT2D eigenvalue weighted by molar-refractivity contribution is 5.57. The summed E-state index contributed by atoms with van der Waals surface area (Å²) in [5, 5.41) is 9.77. The Morgan fingerprint density at radius 1 is 1.41 bits per heavy atom. The van der Waals surface area contributed by atoms with Gasteiger partial charge in [0.2, 0.25) is 0 Å². The van der Waals surface area contributed by atoms with E-state index < -0.39 is 6.10 Å². The van der Waals surface area contributed by atoms with Crippen LogP contribution >= 0.6 is 0 Å². The third kappa shape index (κ3) is 2.29. The minimum absolute atomic E-state index is 0.0848. The summed E-state index contributed by atoms with van der Waals surface area (Å²) in [5.74, 6) is -0.290. The van der Waals surface area contributed by atoms with Crippen LogP contribution in [0.3, 0.4) is 0 Å². The molecule has 1 aromatic rings. The predicted octanol–water partition coefficient (Wildman–Crippen LogP) is 3.26. The lowest BCUT2D eigenvalue weighted by Gasteiger charge is -2.35. The van der Waals surface area contributed by atoms with E-state index in [2.05, 4.69) is 18.7 Å². The van der Waals surface area contributed by atoms with E-state index >= 15 is 0 Å². The van der Waals surface area contributed by atoms with E-state index in [1.165, 1.54) is 12.1 Å². The molecule has 0 aliphatic carbocycles. The number of nitrogens with zero attached hydrogens (tertiary/aromatic N) is 1. The zero-order chi connectivity index (χ0) is 12.6. The van der Waals surface area contributed by atoms with Crippen molar-refractivity contribution in [2.45, 2.75) is 45.3 Å². The maximum Gasteiger partial charge on any atom is 0.123 e. The summed E-state index contributed by atoms with van der Waals surface area (Å²) < 4.78 is 13.3. The van der Waals surface area contributed by atoms with Crippen LogP contribution in [-0.4, -0.2) is 17.2 Å². The molecule has 1 atom stereocenters. The molecule has 0 spiro atoms. The highest BCUT2D eigenvalue weighted by Crippen LogP contribution is 2.37. The molecule has 0 unspecified atom stereocenters. The zero-order valence-electron chi connectivity index (χ0n) is 10.7. The number of rotatable bonds is 2. The molecule has 17 heavy (non-hydrogen) atoms. The number of hydrogen-bond acceptors (Lipinski definition) is 2. The van der Waals surface area contributed by atoms with Crippen molar-refractivity contribution in [2.75, 3.05) is 11.4 Å². The molecule has 0 bridgehead atoms. The molecule has 94 valence electrons. The van der Waals surface area contributed by atoms with Gasteiger partial charge in [-0.3, -0.25) is 0 Å². The predicted molar refractivity (Wildman–Crippen MR) is 67.7 cm³/mol. The Morgan fingerprint density at radius 3 is 2.65 bits per heavy atom. The first-order valence-corrected chi connectivity index (χ1v) is 6.17. The minimum atomic E-state index is -0.642. The lowest BCUT2D eigenvalue weighted by Crippen LogP contribution is -2.38. The summed E-state index contributed by atoms with van der Waals surface area (Å²) in [6.07, 6.45) is 1.63. The van der Waals surface area contributed by atoms with Crippen LogP contribution < -0.4 is 4.90 Å². The molecule has 1 saturated heterocycles. The molecule has 1 aromatic carbocycles. The SMILES string of the molecule is C[C@@H](O)c1cc(F)ccc1N1CCCC1(C)C. The average Bonchev–Trinajstić information content (AvgIpc) is 2.58. The average molecular weight is 237 g/mol. The second-order valence-electron chi connectivity index (χ2n) is 5.45. The van der Waals surface area contributed by atoms with Crippen LogP contribution in [-0.2, 0) is 0 Å². The van der Waals surface area contributed by atoms with Crippen molar-refractivity contribution in [3.05, 3.63) is 29.6 Å². The summed E-state index contributed by atoms with van der Waals surface area (Å²) in [6, 6.07) is 4.69. The Bertz CT molecular complexity index is 415. The highest BCUT2D eigenvalue weighted by Gasteiger charge is 2.33. The van der Waals surface area contributed by atoms with Gasteiger partial charge in [0.25, 0.3) is 0 Å². The summed E-state index contributed by atoms with van der Waals surface area (Å²) in [7, 11) is 0. The molecule has 0 aromatic heterocycles. The summed E-state index contributed by atoms with van der Waals surface area (Å²) in [6.45, 7) is 7.03. The fourth-order valence-electron chi connectivity index (χ4n) is 2.66. The number of aliphatic hydroxyl groups is 1. The van der Waals surface area contributed by atoms with E-state index in [0.717, 1.165) is 25.1 Å². The van der Waals surface area contributed by atoms with Crippen LogP contribution in [0.4, 0.5) is 10.1 Å². The largest absolute Gasteiger partial charge is 0.389 e. The summed E-state index contributed by atoms with van der Waals surface area (Å²) >= 11 is 0. The molecule has 1 aliphatic rings. The van der Waals surface area contributed by atoms with Gasteiger partial charge in [-0.2, -0.15) is 0 Å². The third-order valence-electron chi connectivity index (χ3n) is 3.63. The molecule has 0 amide bonds. The summed E-state index contributed by atoms with van der Waals surface area (Å²) in [5.41, 5.74) is 1.73. The van der Waals surface area contributed by atoms with Crippen LogP contribution in [0.2, 0.25) is 0 Å². The van der Waals surface area contributed by atoms with Crippen molar-refractivity contribution in [3.8, 4) is 0 Å². The van der Waals surface area contributed by atoms with Crippen molar-refractivity contribution in [1.29, 1.82) is 0 Å². The van der Waals surface area contributed by atoms with Gasteiger partial charge >= 0.3 is 0 Å². The molecule has 0 saturated carbocycles. The molecular formula is C14H20FNO. The van der Waals surface area contributed by atoms with Crippen LogP contribution in [0.25, 0.3) is 0 Å². The smallest absolute Gasteiger partial charge is 0.123 e. The first-order chi connectivity index (χ1) is 7.92. The fourth-order valence-corrected chi connectivity index (χ4v) is 2.66. The van der Waals surface area contributed by atoms with E-state index in [-0.39, 0.29) is 11.4 Å². The summed E-state index contributed by atoms with van der Waals surface area (Å²) in [4.78, 5) is 2.27. The maximum absolute atomic E-state index is 13.3. The van der Waals surface area contributed by atoms with Crippen LogP contribution in [0.1, 0.15) is 45.3 Å². The van der Waals surface area contributed by atoms with Gasteiger partial charge in [-0.05, 0) is 51.8 Å². The van der Waals surface area contributed by atoms with Crippen LogP contribution in [0.5, 0.6) is 0 Å². The molecule has 3 heteroatoms. The molecular weight excluding hydrogens is 217 g/mol. The second kappa shape index (κ2) is 4.30. The maximum atomic E-state index is 13.3. The highest BCUT2D eigenvalue weighted by atomic mass is 19.1. The molecule has 2 nitrogen and oxygen atoms in total. The molecule has 0 radical (unpaired) electrons.